The number of halogens is 1. The third-order valence-corrected chi connectivity index (χ3v) is 7.01. The summed E-state index contributed by atoms with van der Waals surface area (Å²) in [6, 6.07) is 12.3. The molecule has 2 aromatic rings. The Kier molecular flexibility index (Phi) is 5.79. The average molecular weight is 391 g/mol. The van der Waals surface area contributed by atoms with Gasteiger partial charge in [-0.1, -0.05) is 12.1 Å². The molecule has 1 fully saturated rings. The molecule has 7 heteroatoms. The van der Waals surface area contributed by atoms with E-state index in [1.165, 1.54) is 12.1 Å². The maximum atomic E-state index is 13.0. The summed E-state index contributed by atoms with van der Waals surface area (Å²) < 4.78 is 43.9. The molecule has 0 N–H and O–H groups in total. The Balaban J connectivity index is 1.55. The van der Waals surface area contributed by atoms with Crippen molar-refractivity contribution in [1.29, 1.82) is 0 Å². The van der Waals surface area contributed by atoms with Crippen LogP contribution < -0.4 is 4.74 Å². The number of sulfone groups is 1. The topological polar surface area (TPSA) is 63.7 Å². The third kappa shape index (κ3) is 4.66. The number of rotatable bonds is 5. The zero-order valence-electron chi connectivity index (χ0n) is 15.1. The molecule has 1 amide bonds. The first kappa shape index (κ1) is 19.4. The van der Waals surface area contributed by atoms with Gasteiger partial charge in [0.05, 0.1) is 10.1 Å². The maximum absolute atomic E-state index is 13.0. The van der Waals surface area contributed by atoms with E-state index in [0.717, 1.165) is 17.7 Å². The number of amides is 1. The average Bonchev–Trinajstić information content (AvgIpc) is 2.66. The predicted octanol–water partition coefficient (Wildman–Crippen LogP) is 2.98. The highest BCUT2D eigenvalue weighted by Crippen LogP contribution is 2.25. The van der Waals surface area contributed by atoms with Crippen LogP contribution in [0.15, 0.2) is 53.4 Å². The largest absolute Gasteiger partial charge is 0.484 e. The molecule has 0 radical (unpaired) electrons. The molecule has 1 aliphatic heterocycles. The highest BCUT2D eigenvalue weighted by atomic mass is 32.2. The molecule has 0 spiro atoms. The van der Waals surface area contributed by atoms with Crippen LogP contribution in [-0.4, -0.2) is 44.2 Å². The molecule has 1 aliphatic rings. The molecule has 0 aliphatic carbocycles. The van der Waals surface area contributed by atoms with Crippen LogP contribution in [0.2, 0.25) is 0 Å². The number of ether oxygens (including phenoxy) is 1. The van der Waals surface area contributed by atoms with Gasteiger partial charge < -0.3 is 9.64 Å². The molecule has 0 unspecified atom stereocenters. The zero-order valence-corrected chi connectivity index (χ0v) is 15.9. The van der Waals surface area contributed by atoms with Gasteiger partial charge in [-0.25, -0.2) is 12.8 Å². The summed E-state index contributed by atoms with van der Waals surface area (Å²) in [5.41, 5.74) is 1.05. The lowest BCUT2D eigenvalue weighted by Crippen LogP contribution is -2.44. The fourth-order valence-corrected chi connectivity index (χ4v) is 4.91. The number of carbonyl (C=O) groups excluding carboxylic acids is 1. The van der Waals surface area contributed by atoms with Crippen molar-refractivity contribution < 1.29 is 22.3 Å². The first-order valence-corrected chi connectivity index (χ1v) is 10.4. The minimum Gasteiger partial charge on any atom is -0.484 e. The van der Waals surface area contributed by atoms with Gasteiger partial charge in [0.15, 0.2) is 16.4 Å². The Hall–Kier alpha value is -2.41. The standard InChI is InChI=1S/C20H22FNO4S/c1-15-3-2-4-17(13-15)26-14-20(23)22-11-9-19(10-12-22)27(24,25)18-7-5-16(21)6-8-18/h2-8,13,19H,9-12,14H2,1H3. The summed E-state index contributed by atoms with van der Waals surface area (Å²) in [6.45, 7) is 2.60. The van der Waals surface area contributed by atoms with Crippen LogP contribution in [-0.2, 0) is 14.6 Å². The van der Waals surface area contributed by atoms with E-state index in [4.69, 9.17) is 4.74 Å². The Morgan fingerprint density at radius 1 is 1.15 bits per heavy atom. The summed E-state index contributed by atoms with van der Waals surface area (Å²) in [6.07, 6.45) is 0.714. The fourth-order valence-electron chi connectivity index (χ4n) is 3.17. The van der Waals surface area contributed by atoms with Gasteiger partial charge in [0.25, 0.3) is 5.91 Å². The van der Waals surface area contributed by atoms with E-state index >= 15 is 0 Å². The van der Waals surface area contributed by atoms with Crippen molar-refractivity contribution in [2.45, 2.75) is 29.9 Å². The smallest absolute Gasteiger partial charge is 0.260 e. The van der Waals surface area contributed by atoms with Crippen LogP contribution in [0.4, 0.5) is 4.39 Å². The molecule has 0 saturated carbocycles. The SMILES string of the molecule is Cc1cccc(OCC(=O)N2CCC(S(=O)(=O)c3ccc(F)cc3)CC2)c1. The first-order valence-electron chi connectivity index (χ1n) is 8.83. The summed E-state index contributed by atoms with van der Waals surface area (Å²) in [4.78, 5) is 14.1. The highest BCUT2D eigenvalue weighted by molar-refractivity contribution is 7.92. The minimum atomic E-state index is -3.52. The molecule has 0 aromatic heterocycles. The van der Waals surface area contributed by atoms with E-state index in [1.807, 2.05) is 25.1 Å². The second-order valence-electron chi connectivity index (χ2n) is 6.68. The van der Waals surface area contributed by atoms with Gasteiger partial charge >= 0.3 is 0 Å². The van der Waals surface area contributed by atoms with Crippen LogP contribution in [0.25, 0.3) is 0 Å². The number of hydrogen-bond acceptors (Lipinski definition) is 4. The molecule has 1 saturated heterocycles. The van der Waals surface area contributed by atoms with Crippen molar-refractivity contribution >= 4 is 15.7 Å². The Morgan fingerprint density at radius 2 is 1.81 bits per heavy atom. The molecular weight excluding hydrogens is 369 g/mol. The maximum Gasteiger partial charge on any atom is 0.260 e. The van der Waals surface area contributed by atoms with Crippen LogP contribution in [0.1, 0.15) is 18.4 Å². The van der Waals surface area contributed by atoms with E-state index in [2.05, 4.69) is 0 Å². The van der Waals surface area contributed by atoms with E-state index in [-0.39, 0.29) is 17.4 Å². The number of piperidine rings is 1. The van der Waals surface area contributed by atoms with E-state index in [0.29, 0.717) is 31.7 Å². The molecule has 5 nitrogen and oxygen atoms in total. The third-order valence-electron chi connectivity index (χ3n) is 4.73. The van der Waals surface area contributed by atoms with Crippen molar-refractivity contribution in [1.82, 2.24) is 4.90 Å². The molecule has 0 atom stereocenters. The van der Waals surface area contributed by atoms with Gasteiger partial charge in [0.1, 0.15) is 11.6 Å². The normalized spacial score (nSPS) is 15.6. The Morgan fingerprint density at radius 3 is 2.44 bits per heavy atom. The number of benzene rings is 2. The minimum absolute atomic E-state index is 0.0706. The quantitative estimate of drug-likeness (QED) is 0.735. The van der Waals surface area contributed by atoms with E-state index < -0.39 is 20.9 Å². The Bertz CT molecular complexity index is 904. The van der Waals surface area contributed by atoms with Crippen molar-refractivity contribution in [2.75, 3.05) is 19.7 Å². The van der Waals surface area contributed by atoms with Gasteiger partial charge in [-0.2, -0.15) is 0 Å². The Labute approximate surface area is 158 Å². The van der Waals surface area contributed by atoms with Gasteiger partial charge in [-0.15, -0.1) is 0 Å². The molecule has 1 heterocycles. The van der Waals surface area contributed by atoms with Crippen molar-refractivity contribution in [3.8, 4) is 5.75 Å². The summed E-state index contributed by atoms with van der Waals surface area (Å²) in [7, 11) is -3.52. The fraction of sp³-hybridized carbons (Fsp3) is 0.350. The molecular formula is C20H22FNO4S. The number of nitrogens with zero attached hydrogens (tertiary/aromatic N) is 1. The molecule has 3 rings (SSSR count). The number of aryl methyl sites for hydroxylation is 1. The first-order chi connectivity index (χ1) is 12.9. The zero-order chi connectivity index (χ0) is 19.4. The second kappa shape index (κ2) is 8.08. The van der Waals surface area contributed by atoms with Gasteiger partial charge in [-0.3, -0.25) is 4.79 Å². The van der Waals surface area contributed by atoms with Crippen LogP contribution in [0.3, 0.4) is 0 Å². The van der Waals surface area contributed by atoms with Crippen molar-refractivity contribution in [3.63, 3.8) is 0 Å². The molecule has 2 aromatic carbocycles. The monoisotopic (exact) mass is 391 g/mol. The summed E-state index contributed by atoms with van der Waals surface area (Å²) >= 11 is 0. The van der Waals surface area contributed by atoms with Crippen LogP contribution in [0, 0.1) is 12.7 Å². The lowest BCUT2D eigenvalue weighted by Gasteiger charge is -2.31. The van der Waals surface area contributed by atoms with Gasteiger partial charge in [-0.05, 0) is 61.7 Å². The predicted molar refractivity (Wildman–Crippen MR) is 99.9 cm³/mol. The van der Waals surface area contributed by atoms with Crippen molar-refractivity contribution in [3.05, 3.63) is 59.9 Å². The van der Waals surface area contributed by atoms with Gasteiger partial charge in [0.2, 0.25) is 0 Å². The van der Waals surface area contributed by atoms with Crippen LogP contribution >= 0.6 is 0 Å². The van der Waals surface area contributed by atoms with E-state index in [9.17, 15) is 17.6 Å². The number of hydrogen-bond donors (Lipinski definition) is 0. The lowest BCUT2D eigenvalue weighted by atomic mass is 10.1. The summed E-state index contributed by atoms with van der Waals surface area (Å²) in [5, 5.41) is -0.565. The molecule has 144 valence electrons. The number of carbonyl (C=O) groups is 1. The lowest BCUT2D eigenvalue weighted by molar-refractivity contribution is -0.134. The molecule has 0 bridgehead atoms. The van der Waals surface area contributed by atoms with E-state index in [1.54, 1.807) is 11.0 Å². The van der Waals surface area contributed by atoms with Crippen molar-refractivity contribution in [2.24, 2.45) is 0 Å². The molecule has 27 heavy (non-hydrogen) atoms. The second-order valence-corrected chi connectivity index (χ2v) is 8.91. The van der Waals surface area contributed by atoms with Crippen LogP contribution in [0.5, 0.6) is 5.75 Å². The number of likely N-dealkylation sites (tertiary alicyclic amines) is 1. The summed E-state index contributed by atoms with van der Waals surface area (Å²) in [5.74, 6) is 0.00855. The van der Waals surface area contributed by atoms with Gasteiger partial charge in [0, 0.05) is 13.1 Å². The highest BCUT2D eigenvalue weighted by Gasteiger charge is 2.32.